The summed E-state index contributed by atoms with van der Waals surface area (Å²) in [6, 6.07) is 0.249. The van der Waals surface area contributed by atoms with Crippen LogP contribution < -0.4 is 15.8 Å². The lowest BCUT2D eigenvalue weighted by Crippen LogP contribution is -2.22. The van der Waals surface area contributed by atoms with Crippen molar-refractivity contribution in [2.24, 2.45) is 5.92 Å². The molecule has 0 bridgehead atoms. The van der Waals surface area contributed by atoms with Gasteiger partial charge in [0.15, 0.2) is 0 Å². The summed E-state index contributed by atoms with van der Waals surface area (Å²) >= 11 is 0. The minimum Gasteiger partial charge on any atom is -0.467 e. The van der Waals surface area contributed by atoms with E-state index in [9.17, 15) is 0 Å². The highest BCUT2D eigenvalue weighted by Crippen LogP contribution is 2.26. The highest BCUT2D eigenvalue weighted by atomic mass is 16.5. The van der Waals surface area contributed by atoms with E-state index < -0.39 is 0 Å². The number of rotatable bonds is 4. The van der Waals surface area contributed by atoms with E-state index in [0.717, 1.165) is 12.5 Å². The second-order valence-electron chi connectivity index (χ2n) is 3.68. The lowest BCUT2D eigenvalue weighted by molar-refractivity contribution is 0.332. The number of ether oxygens (including phenoxy) is 1. The Morgan fingerprint density at radius 3 is 2.80 bits per heavy atom. The van der Waals surface area contributed by atoms with Gasteiger partial charge < -0.3 is 15.8 Å². The molecule has 1 saturated carbocycles. The number of nitrogens with two attached hydrogens (primary N) is 1. The Hall–Kier alpha value is -1.59. The topological polar surface area (TPSA) is 86.0 Å². The van der Waals surface area contributed by atoms with Gasteiger partial charge in [0.05, 0.1) is 7.11 Å². The van der Waals surface area contributed by atoms with Gasteiger partial charge in [-0.15, -0.1) is 0 Å². The van der Waals surface area contributed by atoms with Gasteiger partial charge in [0.1, 0.15) is 0 Å². The van der Waals surface area contributed by atoms with Gasteiger partial charge in [-0.1, -0.05) is 6.42 Å². The monoisotopic (exact) mass is 209 g/mol. The molecule has 0 aliphatic heterocycles. The second kappa shape index (κ2) is 4.29. The smallest absolute Gasteiger partial charge is 0.322 e. The van der Waals surface area contributed by atoms with Crippen LogP contribution in [0.2, 0.25) is 0 Å². The minimum atomic E-state index is 0.179. The number of nitrogen functional groups attached to an aromatic ring is 1. The fourth-order valence-electron chi connectivity index (χ4n) is 1.47. The molecule has 0 aromatic carbocycles. The summed E-state index contributed by atoms with van der Waals surface area (Å²) < 4.78 is 4.90. The molecule has 1 aliphatic rings. The maximum Gasteiger partial charge on any atom is 0.322 e. The Bertz CT molecular complexity index is 339. The van der Waals surface area contributed by atoms with Crippen molar-refractivity contribution in [3.63, 3.8) is 0 Å². The summed E-state index contributed by atoms with van der Waals surface area (Å²) in [5, 5.41) is 3.14. The maximum atomic E-state index is 5.51. The predicted molar refractivity (Wildman–Crippen MR) is 56.6 cm³/mol. The van der Waals surface area contributed by atoms with E-state index in [2.05, 4.69) is 20.3 Å². The number of nitrogens with zero attached hydrogens (tertiary/aromatic N) is 3. The summed E-state index contributed by atoms with van der Waals surface area (Å²) in [5.41, 5.74) is 5.51. The molecular formula is C9H15N5O. The van der Waals surface area contributed by atoms with Crippen molar-refractivity contribution in [1.82, 2.24) is 15.0 Å². The predicted octanol–water partition coefficient (Wildman–Crippen LogP) is 0.674. The van der Waals surface area contributed by atoms with E-state index >= 15 is 0 Å². The van der Waals surface area contributed by atoms with Gasteiger partial charge in [-0.2, -0.15) is 15.0 Å². The number of hydrogen-bond donors (Lipinski definition) is 2. The van der Waals surface area contributed by atoms with Crippen molar-refractivity contribution in [3.8, 4) is 6.01 Å². The number of aromatic nitrogens is 3. The molecular weight excluding hydrogens is 194 g/mol. The van der Waals surface area contributed by atoms with E-state index in [0.29, 0.717) is 5.95 Å². The van der Waals surface area contributed by atoms with E-state index in [1.807, 2.05) is 0 Å². The number of methoxy groups -OCH3 is 1. The van der Waals surface area contributed by atoms with E-state index in [1.165, 1.54) is 26.4 Å². The first-order valence-corrected chi connectivity index (χ1v) is 5.07. The van der Waals surface area contributed by atoms with Gasteiger partial charge in [0.2, 0.25) is 11.9 Å². The van der Waals surface area contributed by atoms with Gasteiger partial charge in [0.25, 0.3) is 0 Å². The van der Waals surface area contributed by atoms with Crippen LogP contribution in [0.25, 0.3) is 0 Å². The second-order valence-corrected chi connectivity index (χ2v) is 3.68. The molecule has 1 aliphatic carbocycles. The summed E-state index contributed by atoms with van der Waals surface area (Å²) in [5.74, 6) is 1.41. The van der Waals surface area contributed by atoms with Crippen LogP contribution in [0.5, 0.6) is 6.01 Å². The Morgan fingerprint density at radius 1 is 1.40 bits per heavy atom. The molecule has 0 atom stereocenters. The quantitative estimate of drug-likeness (QED) is 0.758. The number of nitrogens with one attached hydrogen (secondary N) is 1. The average molecular weight is 209 g/mol. The molecule has 3 N–H and O–H groups in total. The number of hydrogen-bond acceptors (Lipinski definition) is 6. The van der Waals surface area contributed by atoms with E-state index in [-0.39, 0.29) is 12.0 Å². The van der Waals surface area contributed by atoms with Gasteiger partial charge in [-0.3, -0.25) is 0 Å². The molecule has 0 spiro atoms. The summed E-state index contributed by atoms with van der Waals surface area (Å²) in [6.07, 6.45) is 3.89. The van der Waals surface area contributed by atoms with Crippen molar-refractivity contribution in [1.29, 1.82) is 0 Å². The van der Waals surface area contributed by atoms with Crippen LogP contribution in [0.1, 0.15) is 19.3 Å². The first-order chi connectivity index (χ1) is 7.28. The van der Waals surface area contributed by atoms with Crippen LogP contribution in [0.4, 0.5) is 11.9 Å². The molecule has 1 heterocycles. The van der Waals surface area contributed by atoms with Crippen LogP contribution >= 0.6 is 0 Å². The van der Waals surface area contributed by atoms with E-state index in [4.69, 9.17) is 10.5 Å². The average Bonchev–Trinajstić information content (AvgIpc) is 2.14. The molecule has 1 aromatic rings. The Kier molecular flexibility index (Phi) is 2.84. The van der Waals surface area contributed by atoms with Crippen LogP contribution in [-0.4, -0.2) is 28.6 Å². The van der Waals surface area contributed by atoms with Gasteiger partial charge in [0, 0.05) is 6.54 Å². The van der Waals surface area contributed by atoms with Gasteiger partial charge in [-0.25, -0.2) is 0 Å². The van der Waals surface area contributed by atoms with Gasteiger partial charge >= 0.3 is 6.01 Å². The van der Waals surface area contributed by atoms with Gasteiger partial charge in [-0.05, 0) is 18.8 Å². The third kappa shape index (κ3) is 2.45. The maximum absolute atomic E-state index is 5.51. The van der Waals surface area contributed by atoms with Crippen molar-refractivity contribution in [2.75, 3.05) is 24.7 Å². The van der Waals surface area contributed by atoms with Crippen LogP contribution in [0, 0.1) is 5.92 Å². The molecule has 2 rings (SSSR count). The summed E-state index contributed by atoms with van der Waals surface area (Å²) in [7, 11) is 1.50. The molecule has 82 valence electrons. The highest BCUT2D eigenvalue weighted by Gasteiger charge is 2.17. The first kappa shape index (κ1) is 9.95. The van der Waals surface area contributed by atoms with Crippen LogP contribution in [-0.2, 0) is 0 Å². The lowest BCUT2D eigenvalue weighted by atomic mass is 9.85. The third-order valence-electron chi connectivity index (χ3n) is 2.59. The fourth-order valence-corrected chi connectivity index (χ4v) is 1.47. The largest absolute Gasteiger partial charge is 0.467 e. The third-order valence-corrected chi connectivity index (χ3v) is 2.59. The molecule has 0 saturated heterocycles. The van der Waals surface area contributed by atoms with E-state index in [1.54, 1.807) is 0 Å². The molecule has 1 aromatic heterocycles. The lowest BCUT2D eigenvalue weighted by Gasteiger charge is -2.25. The van der Waals surface area contributed by atoms with Crippen molar-refractivity contribution < 1.29 is 4.74 Å². The highest BCUT2D eigenvalue weighted by molar-refractivity contribution is 5.32. The SMILES string of the molecule is COc1nc(N)nc(NCC2CCC2)n1. The van der Waals surface area contributed by atoms with Crippen LogP contribution in [0.15, 0.2) is 0 Å². The molecule has 1 fully saturated rings. The zero-order valence-electron chi connectivity index (χ0n) is 8.73. The summed E-state index contributed by atoms with van der Waals surface area (Å²) in [6.45, 7) is 0.895. The van der Waals surface area contributed by atoms with Crippen LogP contribution in [0.3, 0.4) is 0 Å². The van der Waals surface area contributed by atoms with Crippen molar-refractivity contribution in [3.05, 3.63) is 0 Å². The fraction of sp³-hybridized carbons (Fsp3) is 0.667. The van der Waals surface area contributed by atoms with Crippen molar-refractivity contribution >= 4 is 11.9 Å². The molecule has 6 nitrogen and oxygen atoms in total. The van der Waals surface area contributed by atoms with Crippen molar-refractivity contribution in [2.45, 2.75) is 19.3 Å². The Morgan fingerprint density at radius 2 is 2.20 bits per heavy atom. The molecule has 0 unspecified atom stereocenters. The molecule has 15 heavy (non-hydrogen) atoms. The molecule has 0 amide bonds. The summed E-state index contributed by atoms with van der Waals surface area (Å²) in [4.78, 5) is 11.8. The normalized spacial score (nSPS) is 15.8. The zero-order valence-corrected chi connectivity index (χ0v) is 8.73. The molecule has 6 heteroatoms. The zero-order chi connectivity index (χ0) is 10.7. The minimum absolute atomic E-state index is 0.179. The number of anilines is 2. The first-order valence-electron chi connectivity index (χ1n) is 5.07. The Balaban J connectivity index is 1.96. The molecule has 0 radical (unpaired) electrons. The standard InChI is InChI=1S/C9H15N5O/c1-15-9-13-7(10)12-8(14-9)11-5-6-3-2-4-6/h6H,2-5H2,1H3,(H3,10,11,12,13,14). The Labute approximate surface area is 88.3 Å².